The Morgan fingerprint density at radius 2 is 2.00 bits per heavy atom. The molecule has 1 aliphatic rings. The Kier molecular flexibility index (Phi) is 2.40. The summed E-state index contributed by atoms with van der Waals surface area (Å²) in [5, 5.41) is 10.2. The minimum absolute atomic E-state index is 0.365. The Hall–Kier alpha value is 0.110. The Labute approximate surface area is 66.1 Å². The molecule has 0 aromatic rings. The van der Waals surface area contributed by atoms with E-state index in [0.717, 1.165) is 6.66 Å². The molecule has 0 aromatic carbocycles. The first kappa shape index (κ1) is 9.20. The van der Waals surface area contributed by atoms with Gasteiger partial charge >= 0.3 is 0 Å². The highest BCUT2D eigenvalue weighted by Gasteiger charge is 2.37. The molecule has 1 unspecified atom stereocenters. The molecule has 0 spiro atoms. The Balaban J connectivity index is 2.72. The van der Waals surface area contributed by atoms with Gasteiger partial charge < -0.3 is 19.9 Å². The van der Waals surface area contributed by atoms with Crippen LogP contribution >= 0.6 is 7.37 Å². The molecule has 1 aliphatic heterocycles. The number of quaternary nitrogens is 1. The summed E-state index contributed by atoms with van der Waals surface area (Å²) >= 11 is 0. The highest BCUT2D eigenvalue weighted by atomic mass is 31.2. The van der Waals surface area contributed by atoms with Crippen molar-refractivity contribution in [3.63, 3.8) is 0 Å². The van der Waals surface area contributed by atoms with Gasteiger partial charge in [0.2, 0.25) is 0 Å². The molecule has 0 aliphatic carbocycles. The van der Waals surface area contributed by atoms with Crippen LogP contribution in [0.2, 0.25) is 0 Å². The van der Waals surface area contributed by atoms with Crippen molar-refractivity contribution in [1.82, 2.24) is 0 Å². The number of hydrogen-bond acceptors (Lipinski definition) is 3. The summed E-state index contributed by atoms with van der Waals surface area (Å²) in [6, 6.07) is 0. The fraction of sp³-hybridized carbons (Fsp3) is 1.00. The summed E-state index contributed by atoms with van der Waals surface area (Å²) in [5.74, 6) is 0. The molecule has 4 nitrogen and oxygen atoms in total. The van der Waals surface area contributed by atoms with Crippen LogP contribution in [0.3, 0.4) is 0 Å². The molecule has 1 saturated heterocycles. The lowest BCUT2D eigenvalue weighted by Crippen LogP contribution is -2.87. The summed E-state index contributed by atoms with van der Waals surface area (Å²) in [5.41, 5.74) is 0. The maximum Gasteiger partial charge on any atom is 0.115 e. The molecule has 0 amide bonds. The minimum atomic E-state index is -3.57. The highest BCUT2D eigenvalue weighted by molar-refractivity contribution is 7.57. The smallest absolute Gasteiger partial charge is 0.115 e. The molecule has 1 heterocycles. The zero-order chi connectivity index (χ0) is 8.54. The Morgan fingerprint density at radius 1 is 1.55 bits per heavy atom. The van der Waals surface area contributed by atoms with E-state index >= 15 is 0 Å². The van der Waals surface area contributed by atoms with Crippen LogP contribution in [0.25, 0.3) is 0 Å². The van der Waals surface area contributed by atoms with Gasteiger partial charge in [-0.25, -0.2) is 0 Å². The van der Waals surface area contributed by atoms with Gasteiger partial charge in [0.15, 0.2) is 0 Å². The third kappa shape index (κ3) is 1.82. The zero-order valence-corrected chi connectivity index (χ0v) is 7.51. The van der Waals surface area contributed by atoms with Gasteiger partial charge in [-0.05, 0) is 6.66 Å². The van der Waals surface area contributed by atoms with Gasteiger partial charge in [-0.15, -0.1) is 0 Å². The van der Waals surface area contributed by atoms with E-state index in [1.807, 2.05) is 5.32 Å². The number of nitrogens with two attached hydrogens (primary N) is 1. The van der Waals surface area contributed by atoms with Crippen molar-refractivity contribution in [3.8, 4) is 0 Å². The van der Waals surface area contributed by atoms with Crippen molar-refractivity contribution in [1.29, 1.82) is 0 Å². The van der Waals surface area contributed by atoms with Crippen LogP contribution in [0.4, 0.5) is 0 Å². The fourth-order valence-electron chi connectivity index (χ4n) is 1.34. The van der Waals surface area contributed by atoms with Crippen LogP contribution in [0.1, 0.15) is 12.8 Å². The maximum atomic E-state index is 11.1. The molecule has 1 rings (SSSR count). The van der Waals surface area contributed by atoms with Gasteiger partial charge in [-0.3, -0.25) is 0 Å². The normalized spacial score (nSPS) is 29.4. The van der Waals surface area contributed by atoms with Crippen molar-refractivity contribution < 1.29 is 19.9 Å². The summed E-state index contributed by atoms with van der Waals surface area (Å²) in [6.07, 6.45) is 0.731. The van der Waals surface area contributed by atoms with Gasteiger partial charge in [0.25, 0.3) is 0 Å². The second-order valence-corrected chi connectivity index (χ2v) is 5.72. The number of rotatable bonds is 1. The van der Waals surface area contributed by atoms with Gasteiger partial charge in [0.05, 0.1) is 13.1 Å². The molecule has 1 fully saturated rings. The predicted octanol–water partition coefficient (Wildman–Crippen LogP) is -1.70. The van der Waals surface area contributed by atoms with Gasteiger partial charge in [-0.1, -0.05) is 0 Å². The molecule has 0 saturated carbocycles. The SMILES string of the molecule is CP(=O)([O-])C1(O)CC[NH2+]CC1. The van der Waals surface area contributed by atoms with E-state index in [1.54, 1.807) is 0 Å². The lowest BCUT2D eigenvalue weighted by Gasteiger charge is -2.39. The van der Waals surface area contributed by atoms with E-state index in [9.17, 15) is 14.6 Å². The highest BCUT2D eigenvalue weighted by Crippen LogP contribution is 2.49. The average molecular weight is 179 g/mol. The van der Waals surface area contributed by atoms with Crippen molar-refractivity contribution in [2.24, 2.45) is 0 Å². The molecule has 0 aromatic heterocycles. The lowest BCUT2D eigenvalue weighted by atomic mass is 10.1. The number of hydrogen-bond donors (Lipinski definition) is 2. The first-order chi connectivity index (χ1) is 4.96. The summed E-state index contributed by atoms with van der Waals surface area (Å²) < 4.78 is 11.1. The van der Waals surface area contributed by atoms with Crippen molar-refractivity contribution in [2.75, 3.05) is 19.8 Å². The first-order valence-electron chi connectivity index (χ1n) is 3.78. The van der Waals surface area contributed by atoms with Crippen molar-refractivity contribution in [2.45, 2.75) is 18.2 Å². The number of piperidine rings is 1. The Morgan fingerprint density at radius 3 is 2.27 bits per heavy atom. The van der Waals surface area contributed by atoms with Gasteiger partial charge in [-0.2, -0.15) is 0 Å². The molecule has 5 heteroatoms. The second kappa shape index (κ2) is 2.87. The molecule has 1 atom stereocenters. The molecule has 0 radical (unpaired) electrons. The molecule has 0 bridgehead atoms. The number of aliphatic hydroxyl groups is 1. The van der Waals surface area contributed by atoms with Gasteiger partial charge in [0.1, 0.15) is 5.34 Å². The molecule has 3 N–H and O–H groups in total. The first-order valence-corrected chi connectivity index (χ1v) is 5.86. The van der Waals surface area contributed by atoms with E-state index in [0.29, 0.717) is 25.9 Å². The Bertz CT molecular complexity index is 182. The van der Waals surface area contributed by atoms with E-state index in [-0.39, 0.29) is 0 Å². The molecular formula is C6H14NO3P. The van der Waals surface area contributed by atoms with Crippen molar-refractivity contribution in [3.05, 3.63) is 0 Å². The average Bonchev–Trinajstić information content (AvgIpc) is 1.87. The predicted molar refractivity (Wildman–Crippen MR) is 39.4 cm³/mol. The fourth-order valence-corrected chi connectivity index (χ4v) is 2.41. The maximum absolute atomic E-state index is 11.1. The second-order valence-electron chi connectivity index (χ2n) is 3.19. The summed E-state index contributed by atoms with van der Waals surface area (Å²) in [7, 11) is -3.57. The van der Waals surface area contributed by atoms with E-state index in [1.165, 1.54) is 0 Å². The lowest BCUT2D eigenvalue weighted by molar-refractivity contribution is -0.666. The summed E-state index contributed by atoms with van der Waals surface area (Å²) in [4.78, 5) is 11.1. The largest absolute Gasteiger partial charge is 0.798 e. The van der Waals surface area contributed by atoms with Crippen molar-refractivity contribution >= 4 is 7.37 Å². The van der Waals surface area contributed by atoms with Crippen LogP contribution in [-0.2, 0) is 4.57 Å². The van der Waals surface area contributed by atoms with Crippen LogP contribution in [0, 0.1) is 0 Å². The third-order valence-corrected chi connectivity index (χ3v) is 4.21. The molecule has 66 valence electrons. The molecular weight excluding hydrogens is 165 g/mol. The van der Waals surface area contributed by atoms with E-state index < -0.39 is 12.7 Å². The minimum Gasteiger partial charge on any atom is -0.798 e. The third-order valence-electron chi connectivity index (χ3n) is 2.25. The summed E-state index contributed by atoms with van der Waals surface area (Å²) in [6.45, 7) is 2.53. The van der Waals surface area contributed by atoms with Crippen LogP contribution in [0.15, 0.2) is 0 Å². The topological polar surface area (TPSA) is 77.0 Å². The standard InChI is InChI=1S/C6H14NO3P/c1-11(9,10)6(8)2-4-7-5-3-6/h7-8H,2-5H2,1H3,(H,9,10). The van der Waals surface area contributed by atoms with Gasteiger partial charge in [0, 0.05) is 20.2 Å². The van der Waals surface area contributed by atoms with Crippen LogP contribution in [-0.4, -0.2) is 30.2 Å². The monoisotopic (exact) mass is 179 g/mol. The molecule has 11 heavy (non-hydrogen) atoms. The van der Waals surface area contributed by atoms with E-state index in [4.69, 9.17) is 0 Å². The zero-order valence-electron chi connectivity index (χ0n) is 6.62. The quantitative estimate of drug-likeness (QED) is 0.471. The van der Waals surface area contributed by atoms with Crippen LogP contribution < -0.4 is 10.2 Å². The van der Waals surface area contributed by atoms with Crippen LogP contribution in [0.5, 0.6) is 0 Å². The van der Waals surface area contributed by atoms with E-state index in [2.05, 4.69) is 0 Å².